The molecule has 0 fully saturated rings. The van der Waals surface area contributed by atoms with Gasteiger partial charge in [-0.3, -0.25) is 0 Å². The summed E-state index contributed by atoms with van der Waals surface area (Å²) in [5.41, 5.74) is 1.43. The highest BCUT2D eigenvalue weighted by atomic mass is 16.5. The van der Waals surface area contributed by atoms with E-state index < -0.39 is 0 Å². The molecule has 0 aliphatic rings. The number of aryl methyl sites for hydroxylation is 1. The van der Waals surface area contributed by atoms with Crippen LogP contribution in [0.2, 0.25) is 0 Å². The Morgan fingerprint density at radius 1 is 1.22 bits per heavy atom. The summed E-state index contributed by atoms with van der Waals surface area (Å²) in [5.74, 6) is 0. The third-order valence-corrected chi connectivity index (χ3v) is 2.33. The van der Waals surface area contributed by atoms with E-state index in [1.165, 1.54) is 0 Å². The summed E-state index contributed by atoms with van der Waals surface area (Å²) in [6.07, 6.45) is 2.44. The molecule has 0 saturated carbocycles. The Labute approximate surface area is 107 Å². The van der Waals surface area contributed by atoms with Gasteiger partial charge in [-0.25, -0.2) is 9.97 Å². The zero-order chi connectivity index (χ0) is 13.2. The van der Waals surface area contributed by atoms with Gasteiger partial charge in [-0.15, -0.1) is 0 Å². The Balaban J connectivity index is 2.17. The van der Waals surface area contributed by atoms with Gasteiger partial charge in [0.1, 0.15) is 6.61 Å². The van der Waals surface area contributed by atoms with Crippen molar-refractivity contribution < 1.29 is 19.3 Å². The van der Waals surface area contributed by atoms with Crippen molar-refractivity contribution in [2.75, 3.05) is 33.5 Å². The van der Waals surface area contributed by atoms with Crippen molar-refractivity contribution in [1.82, 2.24) is 9.97 Å². The predicted molar refractivity (Wildman–Crippen MR) is 65.5 cm³/mol. The third kappa shape index (κ3) is 5.39. The van der Waals surface area contributed by atoms with Crippen molar-refractivity contribution in [3.05, 3.63) is 17.5 Å². The molecule has 0 aliphatic heterocycles. The van der Waals surface area contributed by atoms with Crippen molar-refractivity contribution in [1.29, 1.82) is 0 Å². The lowest BCUT2D eigenvalue weighted by molar-refractivity contribution is 0.0782. The standard InChI is InChI=1S/C12H20N2O4/c1-10-11(9-15)8-13-12(14-10)18-7-6-17-5-3-4-16-2/h8,15H,3-7,9H2,1-2H3. The van der Waals surface area contributed by atoms with Crippen LogP contribution in [0.4, 0.5) is 0 Å². The molecule has 1 aromatic rings. The lowest BCUT2D eigenvalue weighted by atomic mass is 10.3. The van der Waals surface area contributed by atoms with E-state index in [1.54, 1.807) is 20.2 Å². The first-order valence-corrected chi connectivity index (χ1v) is 5.90. The van der Waals surface area contributed by atoms with E-state index in [0.29, 0.717) is 38.0 Å². The molecule has 0 aromatic carbocycles. The van der Waals surface area contributed by atoms with Crippen LogP contribution in [0.3, 0.4) is 0 Å². The van der Waals surface area contributed by atoms with Crippen molar-refractivity contribution >= 4 is 0 Å². The van der Waals surface area contributed by atoms with Gasteiger partial charge in [0.05, 0.1) is 18.9 Å². The summed E-state index contributed by atoms with van der Waals surface area (Å²) < 4.78 is 15.6. The van der Waals surface area contributed by atoms with Gasteiger partial charge in [-0.2, -0.15) is 0 Å². The lowest BCUT2D eigenvalue weighted by Gasteiger charge is -2.07. The highest BCUT2D eigenvalue weighted by Gasteiger charge is 2.02. The summed E-state index contributed by atoms with van der Waals surface area (Å²) in [7, 11) is 1.67. The van der Waals surface area contributed by atoms with Crippen LogP contribution >= 0.6 is 0 Å². The Bertz CT molecular complexity index is 347. The van der Waals surface area contributed by atoms with Crippen LogP contribution in [0, 0.1) is 6.92 Å². The van der Waals surface area contributed by atoms with Crippen LogP contribution in [0.25, 0.3) is 0 Å². The number of nitrogens with zero attached hydrogens (tertiary/aromatic N) is 2. The molecule has 1 heterocycles. The molecular weight excluding hydrogens is 236 g/mol. The highest BCUT2D eigenvalue weighted by Crippen LogP contribution is 2.08. The summed E-state index contributed by atoms with van der Waals surface area (Å²) in [6, 6.07) is 0.310. The first kappa shape index (κ1) is 14.8. The largest absolute Gasteiger partial charge is 0.461 e. The summed E-state index contributed by atoms with van der Waals surface area (Å²) in [5, 5.41) is 8.98. The number of methoxy groups -OCH3 is 1. The van der Waals surface area contributed by atoms with Crippen LogP contribution in [-0.2, 0) is 16.1 Å². The molecule has 0 atom stereocenters. The van der Waals surface area contributed by atoms with Gasteiger partial charge in [0.2, 0.25) is 0 Å². The molecule has 0 radical (unpaired) electrons. The molecule has 1 aromatic heterocycles. The second kappa shape index (κ2) is 8.79. The number of aromatic nitrogens is 2. The molecule has 1 N–H and O–H groups in total. The van der Waals surface area contributed by atoms with Gasteiger partial charge in [0.25, 0.3) is 0 Å². The lowest BCUT2D eigenvalue weighted by Crippen LogP contribution is -2.10. The molecule has 6 heteroatoms. The summed E-state index contributed by atoms with van der Waals surface area (Å²) >= 11 is 0. The normalized spacial score (nSPS) is 10.6. The van der Waals surface area contributed by atoms with E-state index in [1.807, 2.05) is 0 Å². The van der Waals surface area contributed by atoms with Gasteiger partial charge in [0.15, 0.2) is 0 Å². The molecule has 0 spiro atoms. The molecule has 0 bridgehead atoms. The van der Waals surface area contributed by atoms with Crippen LogP contribution in [0.15, 0.2) is 6.20 Å². The number of hydrogen-bond donors (Lipinski definition) is 1. The molecule has 0 aliphatic carbocycles. The number of rotatable bonds is 9. The molecular formula is C12H20N2O4. The SMILES string of the molecule is COCCCOCCOc1ncc(CO)c(C)n1. The topological polar surface area (TPSA) is 73.7 Å². The van der Waals surface area contributed by atoms with E-state index in [2.05, 4.69) is 9.97 Å². The fraction of sp³-hybridized carbons (Fsp3) is 0.667. The maximum absolute atomic E-state index is 8.98. The van der Waals surface area contributed by atoms with Crippen LogP contribution in [0.1, 0.15) is 17.7 Å². The second-order valence-corrected chi connectivity index (χ2v) is 3.73. The van der Waals surface area contributed by atoms with Crippen LogP contribution in [0.5, 0.6) is 6.01 Å². The smallest absolute Gasteiger partial charge is 0.316 e. The van der Waals surface area contributed by atoms with Gasteiger partial charge < -0.3 is 19.3 Å². The van der Waals surface area contributed by atoms with Crippen molar-refractivity contribution in [3.8, 4) is 6.01 Å². The minimum absolute atomic E-state index is 0.0608. The first-order valence-electron chi connectivity index (χ1n) is 5.90. The minimum Gasteiger partial charge on any atom is -0.461 e. The molecule has 0 saturated heterocycles. The van der Waals surface area contributed by atoms with E-state index in [4.69, 9.17) is 19.3 Å². The Morgan fingerprint density at radius 3 is 2.72 bits per heavy atom. The van der Waals surface area contributed by atoms with E-state index in [0.717, 1.165) is 12.1 Å². The number of aliphatic hydroxyl groups excluding tert-OH is 1. The predicted octanol–water partition coefficient (Wildman–Crippen LogP) is 0.709. The summed E-state index contributed by atoms with van der Waals surface area (Å²) in [6.45, 7) is 4.00. The van der Waals surface area contributed by atoms with Crippen molar-refractivity contribution in [3.63, 3.8) is 0 Å². The first-order chi connectivity index (χ1) is 8.77. The molecule has 18 heavy (non-hydrogen) atoms. The number of hydrogen-bond acceptors (Lipinski definition) is 6. The highest BCUT2D eigenvalue weighted by molar-refractivity contribution is 5.16. The monoisotopic (exact) mass is 256 g/mol. The number of aliphatic hydroxyl groups is 1. The van der Waals surface area contributed by atoms with Gasteiger partial charge >= 0.3 is 6.01 Å². The van der Waals surface area contributed by atoms with Crippen molar-refractivity contribution in [2.45, 2.75) is 20.0 Å². The zero-order valence-electron chi connectivity index (χ0n) is 10.9. The van der Waals surface area contributed by atoms with Gasteiger partial charge in [-0.05, 0) is 13.3 Å². The molecule has 0 amide bonds. The fourth-order valence-electron chi connectivity index (χ4n) is 1.29. The quantitative estimate of drug-likeness (QED) is 0.656. The molecule has 0 unspecified atom stereocenters. The Morgan fingerprint density at radius 2 is 2.06 bits per heavy atom. The Hall–Kier alpha value is -1.24. The minimum atomic E-state index is -0.0608. The van der Waals surface area contributed by atoms with E-state index in [9.17, 15) is 0 Å². The second-order valence-electron chi connectivity index (χ2n) is 3.73. The average Bonchev–Trinajstić information content (AvgIpc) is 2.38. The molecule has 102 valence electrons. The van der Waals surface area contributed by atoms with Gasteiger partial charge in [0, 0.05) is 32.1 Å². The third-order valence-electron chi connectivity index (χ3n) is 2.33. The average molecular weight is 256 g/mol. The van der Waals surface area contributed by atoms with E-state index >= 15 is 0 Å². The maximum atomic E-state index is 8.98. The van der Waals surface area contributed by atoms with Gasteiger partial charge in [-0.1, -0.05) is 0 Å². The van der Waals surface area contributed by atoms with Crippen molar-refractivity contribution in [2.24, 2.45) is 0 Å². The Kier molecular flexibility index (Phi) is 7.24. The zero-order valence-corrected chi connectivity index (χ0v) is 10.9. The van der Waals surface area contributed by atoms with Crippen LogP contribution in [-0.4, -0.2) is 48.6 Å². The molecule has 1 rings (SSSR count). The van der Waals surface area contributed by atoms with Crippen LogP contribution < -0.4 is 4.74 Å². The number of ether oxygens (including phenoxy) is 3. The maximum Gasteiger partial charge on any atom is 0.316 e. The fourth-order valence-corrected chi connectivity index (χ4v) is 1.29. The molecule has 6 nitrogen and oxygen atoms in total. The summed E-state index contributed by atoms with van der Waals surface area (Å²) in [4.78, 5) is 8.11. The van der Waals surface area contributed by atoms with E-state index in [-0.39, 0.29) is 6.61 Å².